The van der Waals surface area contributed by atoms with E-state index in [1.807, 2.05) is 52.1 Å². The first-order valence-electron chi connectivity index (χ1n) is 9.82. The molecule has 2 amide bonds. The van der Waals surface area contributed by atoms with Crippen molar-refractivity contribution in [2.24, 2.45) is 0 Å². The molecular formula is C23H22N4O2. The summed E-state index contributed by atoms with van der Waals surface area (Å²) in [6, 6.07) is 16.0. The van der Waals surface area contributed by atoms with Crippen LogP contribution in [0, 0.1) is 0 Å². The van der Waals surface area contributed by atoms with Gasteiger partial charge in [-0.2, -0.15) is 0 Å². The van der Waals surface area contributed by atoms with Gasteiger partial charge in [-0.3, -0.25) is 9.59 Å². The number of nitrogens with one attached hydrogen (secondary N) is 2. The van der Waals surface area contributed by atoms with Gasteiger partial charge in [-0.25, -0.2) is 0 Å². The van der Waals surface area contributed by atoms with Crippen molar-refractivity contribution in [2.75, 3.05) is 11.9 Å². The summed E-state index contributed by atoms with van der Waals surface area (Å²) in [5, 5.41) is 4.99. The Morgan fingerprint density at radius 1 is 1.07 bits per heavy atom. The quantitative estimate of drug-likeness (QED) is 0.564. The van der Waals surface area contributed by atoms with Gasteiger partial charge in [0.1, 0.15) is 6.54 Å². The second-order valence-corrected chi connectivity index (χ2v) is 7.56. The molecule has 5 rings (SSSR count). The summed E-state index contributed by atoms with van der Waals surface area (Å²) in [6.07, 6.45) is 2.75. The first-order chi connectivity index (χ1) is 14.1. The number of carbonyl (C=O) groups is 2. The fourth-order valence-corrected chi connectivity index (χ4v) is 4.29. The van der Waals surface area contributed by atoms with Crippen molar-refractivity contribution in [1.29, 1.82) is 0 Å². The molecule has 2 aromatic carbocycles. The summed E-state index contributed by atoms with van der Waals surface area (Å²) in [6.45, 7) is 3.13. The van der Waals surface area contributed by atoms with E-state index in [1.165, 1.54) is 23.6 Å². The molecule has 146 valence electrons. The molecule has 0 saturated heterocycles. The summed E-state index contributed by atoms with van der Waals surface area (Å²) in [5.74, 6) is -0.00691. The van der Waals surface area contributed by atoms with E-state index in [2.05, 4.69) is 22.4 Å². The molecule has 29 heavy (non-hydrogen) atoms. The highest BCUT2D eigenvalue weighted by atomic mass is 16.2. The molecule has 0 bridgehead atoms. The summed E-state index contributed by atoms with van der Waals surface area (Å²) in [4.78, 5) is 29.9. The van der Waals surface area contributed by atoms with Gasteiger partial charge in [-0.1, -0.05) is 24.3 Å². The molecule has 1 aliphatic heterocycles. The predicted molar refractivity (Wildman–Crippen MR) is 114 cm³/mol. The lowest BCUT2D eigenvalue weighted by Gasteiger charge is -2.27. The average Bonchev–Trinajstić information content (AvgIpc) is 3.29. The van der Waals surface area contributed by atoms with Crippen LogP contribution in [0.25, 0.3) is 21.8 Å². The molecule has 0 saturated carbocycles. The maximum absolute atomic E-state index is 13.1. The number of H-pyrrole nitrogens is 1. The molecule has 0 fully saturated rings. The van der Waals surface area contributed by atoms with Crippen molar-refractivity contribution < 1.29 is 9.59 Å². The lowest BCUT2D eigenvalue weighted by molar-refractivity contribution is -0.132. The third-order valence-corrected chi connectivity index (χ3v) is 5.67. The van der Waals surface area contributed by atoms with E-state index in [9.17, 15) is 9.59 Å². The Hall–Kier alpha value is -3.54. The first-order valence-corrected chi connectivity index (χ1v) is 9.82. The minimum absolute atomic E-state index is 0.100. The van der Waals surface area contributed by atoms with Gasteiger partial charge in [0.25, 0.3) is 0 Å². The summed E-state index contributed by atoms with van der Waals surface area (Å²) >= 11 is 0. The SMILES string of the molecule is CC(=O)Nc1cccc2c1ccn2CC(=O)N1CCc2[nH]c3ccccc3c2C1. The van der Waals surface area contributed by atoms with Gasteiger partial charge in [-0.05, 0) is 24.3 Å². The fourth-order valence-electron chi connectivity index (χ4n) is 4.29. The molecule has 0 spiro atoms. The number of anilines is 1. The smallest absolute Gasteiger partial charge is 0.242 e. The Morgan fingerprint density at radius 3 is 2.79 bits per heavy atom. The van der Waals surface area contributed by atoms with Crippen LogP contribution in [0.4, 0.5) is 5.69 Å². The first kappa shape index (κ1) is 17.6. The molecular weight excluding hydrogens is 364 g/mol. The van der Waals surface area contributed by atoms with E-state index in [1.54, 1.807) is 0 Å². The zero-order valence-electron chi connectivity index (χ0n) is 16.2. The van der Waals surface area contributed by atoms with Crippen molar-refractivity contribution in [3.05, 3.63) is 66.0 Å². The second kappa shape index (κ2) is 6.81. The maximum atomic E-state index is 13.1. The predicted octanol–water partition coefficient (Wildman–Crippen LogP) is 3.67. The number of fused-ring (bicyclic) bond motifs is 4. The fraction of sp³-hybridized carbons (Fsp3) is 0.217. The van der Waals surface area contributed by atoms with Crippen LogP contribution in [0.3, 0.4) is 0 Å². The highest BCUT2D eigenvalue weighted by Gasteiger charge is 2.24. The zero-order valence-corrected chi connectivity index (χ0v) is 16.2. The molecule has 0 unspecified atom stereocenters. The van der Waals surface area contributed by atoms with Crippen molar-refractivity contribution in [3.63, 3.8) is 0 Å². The number of nitrogens with zero attached hydrogens (tertiary/aromatic N) is 2. The summed E-state index contributed by atoms with van der Waals surface area (Å²) in [5.41, 5.74) is 5.30. The topological polar surface area (TPSA) is 70.1 Å². The van der Waals surface area contributed by atoms with Gasteiger partial charge in [0.15, 0.2) is 0 Å². The Bertz CT molecular complexity index is 1250. The molecule has 3 heterocycles. The Kier molecular flexibility index (Phi) is 4.12. The highest BCUT2D eigenvalue weighted by Crippen LogP contribution is 2.28. The number of rotatable bonds is 3. The van der Waals surface area contributed by atoms with E-state index in [0.717, 1.165) is 35.1 Å². The van der Waals surface area contributed by atoms with Crippen LogP contribution in [0.5, 0.6) is 0 Å². The van der Waals surface area contributed by atoms with Gasteiger partial charge in [0, 0.05) is 60.2 Å². The lowest BCUT2D eigenvalue weighted by atomic mass is 10.0. The van der Waals surface area contributed by atoms with Crippen LogP contribution in [0.2, 0.25) is 0 Å². The standard InChI is InChI=1S/C23H22N4O2/c1-15(28)24-20-7-4-8-22-17(20)9-11-26(22)14-23(29)27-12-10-21-18(13-27)16-5-2-3-6-19(16)25-21/h2-9,11,25H,10,12-14H2,1H3,(H,24,28). The third-order valence-electron chi connectivity index (χ3n) is 5.67. The Morgan fingerprint density at radius 2 is 1.93 bits per heavy atom. The van der Waals surface area contributed by atoms with Crippen LogP contribution >= 0.6 is 0 Å². The Balaban J connectivity index is 1.39. The van der Waals surface area contributed by atoms with E-state index >= 15 is 0 Å². The molecule has 1 aliphatic rings. The number of aromatic amines is 1. The van der Waals surface area contributed by atoms with E-state index < -0.39 is 0 Å². The highest BCUT2D eigenvalue weighted by molar-refractivity contribution is 6.01. The van der Waals surface area contributed by atoms with Gasteiger partial charge in [0.05, 0.1) is 11.2 Å². The average molecular weight is 386 g/mol. The lowest BCUT2D eigenvalue weighted by Crippen LogP contribution is -2.37. The minimum atomic E-state index is -0.107. The molecule has 6 heteroatoms. The second-order valence-electron chi connectivity index (χ2n) is 7.56. The molecule has 2 aromatic heterocycles. The summed E-state index contributed by atoms with van der Waals surface area (Å²) in [7, 11) is 0. The van der Waals surface area contributed by atoms with E-state index in [0.29, 0.717) is 6.54 Å². The third kappa shape index (κ3) is 3.06. The van der Waals surface area contributed by atoms with Crippen molar-refractivity contribution in [2.45, 2.75) is 26.4 Å². The molecule has 0 aliphatic carbocycles. The van der Waals surface area contributed by atoms with Crippen molar-refractivity contribution in [1.82, 2.24) is 14.5 Å². The van der Waals surface area contributed by atoms with Gasteiger partial charge >= 0.3 is 0 Å². The number of amides is 2. The van der Waals surface area contributed by atoms with Crippen molar-refractivity contribution >= 4 is 39.3 Å². The summed E-state index contributed by atoms with van der Waals surface area (Å²) < 4.78 is 1.95. The number of aromatic nitrogens is 2. The van der Waals surface area contributed by atoms with Crippen LogP contribution < -0.4 is 5.32 Å². The van der Waals surface area contributed by atoms with Crippen LogP contribution in [0.15, 0.2) is 54.7 Å². The van der Waals surface area contributed by atoms with Crippen LogP contribution in [-0.2, 0) is 29.1 Å². The van der Waals surface area contributed by atoms with E-state index in [-0.39, 0.29) is 18.4 Å². The van der Waals surface area contributed by atoms with Gasteiger partial charge < -0.3 is 19.8 Å². The van der Waals surface area contributed by atoms with Crippen LogP contribution in [0.1, 0.15) is 18.2 Å². The number of hydrogen-bond donors (Lipinski definition) is 2. The normalized spacial score (nSPS) is 13.6. The Labute approximate surface area is 168 Å². The monoisotopic (exact) mass is 386 g/mol. The van der Waals surface area contributed by atoms with Crippen molar-refractivity contribution in [3.8, 4) is 0 Å². The number of benzene rings is 2. The maximum Gasteiger partial charge on any atom is 0.242 e. The van der Waals surface area contributed by atoms with Crippen LogP contribution in [-0.4, -0.2) is 32.8 Å². The molecule has 2 N–H and O–H groups in total. The van der Waals surface area contributed by atoms with Gasteiger partial charge in [0.2, 0.25) is 11.8 Å². The van der Waals surface area contributed by atoms with E-state index in [4.69, 9.17) is 0 Å². The zero-order chi connectivity index (χ0) is 20.0. The molecule has 0 atom stereocenters. The number of carbonyl (C=O) groups excluding carboxylic acids is 2. The number of hydrogen-bond acceptors (Lipinski definition) is 2. The molecule has 4 aromatic rings. The number of para-hydroxylation sites is 1. The minimum Gasteiger partial charge on any atom is -0.358 e. The molecule has 6 nitrogen and oxygen atoms in total. The largest absolute Gasteiger partial charge is 0.358 e. The molecule has 0 radical (unpaired) electrons. The van der Waals surface area contributed by atoms with Gasteiger partial charge in [-0.15, -0.1) is 0 Å².